The molecule has 138 valence electrons. The highest BCUT2D eigenvalue weighted by atomic mass is 16.5. The lowest BCUT2D eigenvalue weighted by molar-refractivity contribution is 0.326. The molecular formula is C19H25N5O2. The molecule has 0 amide bonds. The molecule has 0 spiro atoms. The lowest BCUT2D eigenvalue weighted by Gasteiger charge is -2.12. The van der Waals surface area contributed by atoms with E-state index in [4.69, 9.17) is 20.2 Å². The van der Waals surface area contributed by atoms with Crippen LogP contribution in [0.2, 0.25) is 0 Å². The van der Waals surface area contributed by atoms with Crippen LogP contribution < -0.4 is 15.2 Å². The number of hydrogen-bond acceptors (Lipinski definition) is 6. The quantitative estimate of drug-likeness (QED) is 0.667. The first-order valence-corrected chi connectivity index (χ1v) is 8.94. The molecule has 0 aliphatic rings. The first-order valence-electron chi connectivity index (χ1n) is 8.94. The molecule has 0 unspecified atom stereocenters. The van der Waals surface area contributed by atoms with Gasteiger partial charge in [-0.15, -0.1) is 10.2 Å². The molecule has 3 aromatic rings. The second-order valence-electron chi connectivity index (χ2n) is 6.09. The minimum Gasteiger partial charge on any atom is -0.497 e. The molecule has 0 bridgehead atoms. The number of aryl methyl sites for hydroxylation is 1. The molecule has 2 heterocycles. The van der Waals surface area contributed by atoms with Crippen molar-refractivity contribution >= 4 is 16.9 Å². The van der Waals surface area contributed by atoms with Crippen molar-refractivity contribution in [3.8, 4) is 11.6 Å². The smallest absolute Gasteiger partial charge is 0.260 e. The molecule has 0 radical (unpaired) electrons. The van der Waals surface area contributed by atoms with E-state index in [-0.39, 0.29) is 0 Å². The Kier molecular flexibility index (Phi) is 5.55. The third kappa shape index (κ3) is 3.56. The topological polar surface area (TPSA) is 88.1 Å². The third-order valence-corrected chi connectivity index (χ3v) is 4.28. The average Bonchev–Trinajstić information content (AvgIpc) is 3.02. The van der Waals surface area contributed by atoms with Crippen LogP contribution in [-0.4, -0.2) is 33.5 Å². The van der Waals surface area contributed by atoms with Crippen LogP contribution >= 0.6 is 0 Å². The molecule has 7 heteroatoms. The molecule has 0 atom stereocenters. The Bertz CT molecular complexity index is 874. The lowest BCUT2D eigenvalue weighted by Crippen LogP contribution is -2.08. The summed E-state index contributed by atoms with van der Waals surface area (Å²) in [5.41, 5.74) is 8.64. The van der Waals surface area contributed by atoms with Crippen molar-refractivity contribution in [2.24, 2.45) is 0 Å². The number of imidazole rings is 1. The second-order valence-corrected chi connectivity index (χ2v) is 6.09. The minimum absolute atomic E-state index is 0.328. The maximum Gasteiger partial charge on any atom is 0.260 e. The standard InChI is InChI=1S/C19H25N5O2/c1-4-6-7-15-21-16-17(19(26-5-2)23-22-18(16)20)24(15)12-13-8-10-14(25-3)11-9-13/h8-11H,4-7,12H2,1-3H3,(H2,20,22). The third-order valence-electron chi connectivity index (χ3n) is 4.28. The molecule has 0 saturated heterocycles. The van der Waals surface area contributed by atoms with E-state index >= 15 is 0 Å². The number of nitrogens with two attached hydrogens (primary N) is 1. The molecule has 7 nitrogen and oxygen atoms in total. The van der Waals surface area contributed by atoms with Gasteiger partial charge in [-0.1, -0.05) is 25.5 Å². The number of rotatable bonds is 8. The fraction of sp³-hybridized carbons (Fsp3) is 0.421. The van der Waals surface area contributed by atoms with Crippen molar-refractivity contribution in [2.45, 2.75) is 39.7 Å². The maximum atomic E-state index is 6.04. The van der Waals surface area contributed by atoms with Gasteiger partial charge in [-0.05, 0) is 31.0 Å². The predicted molar refractivity (Wildman–Crippen MR) is 102 cm³/mol. The number of ether oxygens (including phenoxy) is 2. The van der Waals surface area contributed by atoms with Crippen molar-refractivity contribution in [3.05, 3.63) is 35.7 Å². The van der Waals surface area contributed by atoms with Crippen LogP contribution in [0.25, 0.3) is 11.0 Å². The monoisotopic (exact) mass is 355 g/mol. The number of methoxy groups -OCH3 is 1. The first kappa shape index (κ1) is 18.0. The number of aromatic nitrogens is 4. The first-order chi connectivity index (χ1) is 12.7. The molecular weight excluding hydrogens is 330 g/mol. The summed E-state index contributed by atoms with van der Waals surface area (Å²) in [4.78, 5) is 4.75. The van der Waals surface area contributed by atoms with Gasteiger partial charge in [-0.2, -0.15) is 0 Å². The normalized spacial score (nSPS) is 11.0. The summed E-state index contributed by atoms with van der Waals surface area (Å²) in [5.74, 6) is 2.61. The van der Waals surface area contributed by atoms with Gasteiger partial charge >= 0.3 is 0 Å². The zero-order valence-corrected chi connectivity index (χ0v) is 15.5. The molecule has 26 heavy (non-hydrogen) atoms. The SMILES string of the molecule is CCCCc1nc2c(N)nnc(OCC)c2n1Cc1ccc(OC)cc1. The van der Waals surface area contributed by atoms with Crippen molar-refractivity contribution < 1.29 is 9.47 Å². The van der Waals surface area contributed by atoms with Gasteiger partial charge in [0.05, 0.1) is 13.7 Å². The fourth-order valence-electron chi connectivity index (χ4n) is 2.93. The average molecular weight is 355 g/mol. The molecule has 2 N–H and O–H groups in total. The van der Waals surface area contributed by atoms with Gasteiger partial charge in [0.15, 0.2) is 5.82 Å². The number of nitrogen functional groups attached to an aromatic ring is 1. The van der Waals surface area contributed by atoms with E-state index in [0.29, 0.717) is 30.4 Å². The van der Waals surface area contributed by atoms with Crippen molar-refractivity contribution in [2.75, 3.05) is 19.5 Å². The van der Waals surface area contributed by atoms with Crippen LogP contribution in [0.15, 0.2) is 24.3 Å². The molecule has 2 aromatic heterocycles. The Morgan fingerprint density at radius 1 is 1.12 bits per heavy atom. The number of anilines is 1. The lowest BCUT2D eigenvalue weighted by atomic mass is 10.2. The van der Waals surface area contributed by atoms with Crippen molar-refractivity contribution in [3.63, 3.8) is 0 Å². The number of benzene rings is 1. The van der Waals surface area contributed by atoms with Gasteiger partial charge in [0.25, 0.3) is 5.88 Å². The maximum absolute atomic E-state index is 6.04. The summed E-state index contributed by atoms with van der Waals surface area (Å²) in [7, 11) is 1.66. The van der Waals surface area contributed by atoms with E-state index in [2.05, 4.69) is 21.7 Å². The van der Waals surface area contributed by atoms with Crippen molar-refractivity contribution in [1.29, 1.82) is 0 Å². The molecule has 0 aliphatic heterocycles. The van der Waals surface area contributed by atoms with Crippen molar-refractivity contribution in [1.82, 2.24) is 19.7 Å². The number of unbranched alkanes of at least 4 members (excludes halogenated alkanes) is 1. The highest BCUT2D eigenvalue weighted by Crippen LogP contribution is 2.29. The second kappa shape index (κ2) is 8.03. The van der Waals surface area contributed by atoms with Gasteiger partial charge in [-0.3, -0.25) is 0 Å². The Morgan fingerprint density at radius 3 is 2.54 bits per heavy atom. The van der Waals surface area contributed by atoms with Gasteiger partial charge in [0, 0.05) is 13.0 Å². The highest BCUT2D eigenvalue weighted by Gasteiger charge is 2.19. The van der Waals surface area contributed by atoms with Gasteiger partial charge in [0.1, 0.15) is 22.6 Å². The van der Waals surface area contributed by atoms with Crippen LogP contribution in [-0.2, 0) is 13.0 Å². The summed E-state index contributed by atoms with van der Waals surface area (Å²) in [6.07, 6.45) is 3.01. The minimum atomic E-state index is 0.328. The van der Waals surface area contributed by atoms with Crippen LogP contribution in [0.3, 0.4) is 0 Å². The van der Waals surface area contributed by atoms with E-state index in [1.54, 1.807) is 7.11 Å². The van der Waals surface area contributed by atoms with E-state index < -0.39 is 0 Å². The number of hydrogen-bond donors (Lipinski definition) is 1. The van der Waals surface area contributed by atoms with E-state index in [9.17, 15) is 0 Å². The predicted octanol–water partition coefficient (Wildman–Crippen LogP) is 3.21. The molecule has 0 saturated carbocycles. The largest absolute Gasteiger partial charge is 0.497 e. The van der Waals surface area contributed by atoms with E-state index in [1.165, 1.54) is 0 Å². The van der Waals surface area contributed by atoms with Crippen LogP contribution in [0.5, 0.6) is 11.6 Å². The molecule has 0 fully saturated rings. The Labute approximate surface area is 153 Å². The summed E-state index contributed by atoms with van der Waals surface area (Å²) in [5, 5.41) is 8.14. The fourth-order valence-corrected chi connectivity index (χ4v) is 2.93. The van der Waals surface area contributed by atoms with Crippen LogP contribution in [0.4, 0.5) is 5.82 Å². The Hall–Kier alpha value is -2.83. The zero-order valence-electron chi connectivity index (χ0n) is 15.5. The Balaban J connectivity index is 2.10. The summed E-state index contributed by atoms with van der Waals surface area (Å²) in [6.45, 7) is 5.25. The Morgan fingerprint density at radius 2 is 1.88 bits per heavy atom. The van der Waals surface area contributed by atoms with Gasteiger partial charge < -0.3 is 19.8 Å². The zero-order chi connectivity index (χ0) is 18.5. The van der Waals surface area contributed by atoms with Gasteiger partial charge in [-0.25, -0.2) is 4.98 Å². The van der Waals surface area contributed by atoms with Crippen LogP contribution in [0, 0.1) is 0 Å². The highest BCUT2D eigenvalue weighted by molar-refractivity contribution is 5.88. The van der Waals surface area contributed by atoms with E-state index in [0.717, 1.165) is 41.9 Å². The number of nitrogens with zero attached hydrogens (tertiary/aromatic N) is 4. The van der Waals surface area contributed by atoms with Crippen LogP contribution in [0.1, 0.15) is 38.1 Å². The summed E-state index contributed by atoms with van der Waals surface area (Å²) < 4.78 is 13.1. The molecule has 0 aliphatic carbocycles. The molecule has 3 rings (SSSR count). The van der Waals surface area contributed by atoms with Gasteiger partial charge in [0.2, 0.25) is 0 Å². The summed E-state index contributed by atoms with van der Waals surface area (Å²) in [6, 6.07) is 8.01. The van der Waals surface area contributed by atoms with E-state index in [1.807, 2.05) is 31.2 Å². The molecule has 1 aromatic carbocycles. The summed E-state index contributed by atoms with van der Waals surface area (Å²) >= 11 is 0. The number of fused-ring (bicyclic) bond motifs is 1.